The fraction of sp³-hybridized carbons (Fsp3) is 0.643. The van der Waals surface area contributed by atoms with Gasteiger partial charge in [-0.25, -0.2) is 9.97 Å². The molecule has 0 radical (unpaired) electrons. The summed E-state index contributed by atoms with van der Waals surface area (Å²) in [6.45, 7) is 3.02. The third kappa shape index (κ3) is 2.41. The van der Waals surface area contributed by atoms with Gasteiger partial charge in [-0.15, -0.1) is 0 Å². The molecule has 2 fully saturated rings. The molecule has 0 amide bonds. The quantitative estimate of drug-likeness (QED) is 0.888. The molecule has 5 nitrogen and oxygen atoms in total. The van der Waals surface area contributed by atoms with Crippen molar-refractivity contribution in [1.82, 2.24) is 15.3 Å². The molecule has 1 N–H and O–H groups in total. The van der Waals surface area contributed by atoms with Crippen LogP contribution in [0.1, 0.15) is 38.3 Å². The molecule has 2 bridgehead atoms. The number of nitrogens with one attached hydrogen (secondary N) is 1. The van der Waals surface area contributed by atoms with E-state index in [0.717, 1.165) is 19.4 Å². The highest BCUT2D eigenvalue weighted by molar-refractivity contribution is 5.35. The molecule has 0 spiro atoms. The van der Waals surface area contributed by atoms with Crippen molar-refractivity contribution in [2.24, 2.45) is 0 Å². The Morgan fingerprint density at radius 2 is 2.16 bits per heavy atom. The Morgan fingerprint density at radius 1 is 1.42 bits per heavy atom. The normalized spacial score (nSPS) is 28.9. The van der Waals surface area contributed by atoms with Crippen LogP contribution in [0.5, 0.6) is 0 Å². The third-order valence-electron chi connectivity index (χ3n) is 4.24. The lowest BCUT2D eigenvalue weighted by Gasteiger charge is -2.37. The highest BCUT2D eigenvalue weighted by Crippen LogP contribution is 2.30. The molecular formula is C14H19N5. The van der Waals surface area contributed by atoms with Gasteiger partial charge in [-0.2, -0.15) is 5.26 Å². The zero-order chi connectivity index (χ0) is 13.2. The molecule has 19 heavy (non-hydrogen) atoms. The highest BCUT2D eigenvalue weighted by atomic mass is 15.3. The second-order valence-corrected chi connectivity index (χ2v) is 5.40. The van der Waals surface area contributed by atoms with Crippen molar-refractivity contribution in [2.75, 3.05) is 11.4 Å². The van der Waals surface area contributed by atoms with Gasteiger partial charge in [-0.05, 0) is 38.7 Å². The lowest BCUT2D eigenvalue weighted by molar-refractivity contribution is 0.346. The predicted octanol–water partition coefficient (Wildman–Crippen LogP) is 1.46. The summed E-state index contributed by atoms with van der Waals surface area (Å²) in [5.41, 5.74) is 0.445. The van der Waals surface area contributed by atoms with Crippen molar-refractivity contribution in [3.8, 4) is 6.07 Å². The van der Waals surface area contributed by atoms with Crippen molar-refractivity contribution in [3.63, 3.8) is 0 Å². The minimum absolute atomic E-state index is 0.445. The lowest BCUT2D eigenvalue weighted by atomic mass is 9.98. The van der Waals surface area contributed by atoms with Gasteiger partial charge >= 0.3 is 0 Å². The average molecular weight is 257 g/mol. The van der Waals surface area contributed by atoms with E-state index >= 15 is 0 Å². The Hall–Kier alpha value is -1.67. The zero-order valence-electron chi connectivity index (χ0n) is 11.2. The molecular weight excluding hydrogens is 238 g/mol. The molecule has 1 aromatic heterocycles. The maximum Gasteiger partial charge on any atom is 0.226 e. The Kier molecular flexibility index (Phi) is 3.34. The molecule has 2 atom stereocenters. The molecule has 3 rings (SSSR count). The van der Waals surface area contributed by atoms with E-state index in [9.17, 15) is 0 Å². The summed E-state index contributed by atoms with van der Waals surface area (Å²) in [4.78, 5) is 10.9. The van der Waals surface area contributed by atoms with Crippen molar-refractivity contribution in [1.29, 1.82) is 5.26 Å². The number of nitrogens with zero attached hydrogens (tertiary/aromatic N) is 4. The van der Waals surface area contributed by atoms with Crippen molar-refractivity contribution in [2.45, 2.75) is 50.7 Å². The zero-order valence-corrected chi connectivity index (χ0v) is 11.2. The van der Waals surface area contributed by atoms with Gasteiger partial charge in [0.2, 0.25) is 5.95 Å². The molecule has 0 saturated carbocycles. The Bertz CT molecular complexity index is 483. The van der Waals surface area contributed by atoms with Crippen molar-refractivity contribution < 1.29 is 0 Å². The fourth-order valence-corrected chi connectivity index (χ4v) is 3.39. The summed E-state index contributed by atoms with van der Waals surface area (Å²) in [5, 5.41) is 12.6. The van der Waals surface area contributed by atoms with Crippen LogP contribution in [-0.4, -0.2) is 34.6 Å². The van der Waals surface area contributed by atoms with Crippen LogP contribution in [0.25, 0.3) is 0 Å². The molecule has 1 aromatic rings. The van der Waals surface area contributed by atoms with E-state index in [1.807, 2.05) is 0 Å². The first-order valence-corrected chi connectivity index (χ1v) is 7.06. The first-order valence-electron chi connectivity index (χ1n) is 7.06. The molecule has 2 aliphatic rings. The average Bonchev–Trinajstić information content (AvgIpc) is 2.79. The molecule has 2 saturated heterocycles. The number of aromatic nitrogens is 2. The van der Waals surface area contributed by atoms with Gasteiger partial charge in [-0.1, -0.05) is 0 Å². The summed E-state index contributed by atoms with van der Waals surface area (Å²) in [6, 6.07) is 5.54. The van der Waals surface area contributed by atoms with Crippen LogP contribution >= 0.6 is 0 Å². The molecule has 5 heteroatoms. The largest absolute Gasteiger partial charge is 0.338 e. The van der Waals surface area contributed by atoms with Gasteiger partial charge in [-0.3, -0.25) is 0 Å². The standard InChI is InChI=1S/C14H19N5/c1-2-19(14-16-6-5-12(9-15)18-14)13-7-10-3-4-11(8-13)17-10/h5-6,10-11,13,17H,2-4,7-8H2,1H3. The second kappa shape index (κ2) is 5.14. The Morgan fingerprint density at radius 3 is 2.79 bits per heavy atom. The van der Waals surface area contributed by atoms with Crippen LogP contribution in [0, 0.1) is 11.3 Å². The number of hydrogen-bond donors (Lipinski definition) is 1. The summed E-state index contributed by atoms with van der Waals surface area (Å²) < 4.78 is 0. The monoisotopic (exact) mass is 257 g/mol. The van der Waals surface area contributed by atoms with E-state index < -0.39 is 0 Å². The molecule has 0 aromatic carbocycles. The molecule has 0 aliphatic carbocycles. The number of piperidine rings is 1. The van der Waals surface area contributed by atoms with Crippen molar-refractivity contribution in [3.05, 3.63) is 18.0 Å². The van der Waals surface area contributed by atoms with Crippen molar-refractivity contribution >= 4 is 5.95 Å². The molecule has 2 unspecified atom stereocenters. The molecule has 3 heterocycles. The molecule has 100 valence electrons. The van der Waals surface area contributed by atoms with E-state index in [1.54, 1.807) is 12.3 Å². The smallest absolute Gasteiger partial charge is 0.226 e. The number of hydrogen-bond acceptors (Lipinski definition) is 5. The number of fused-ring (bicyclic) bond motifs is 2. The van der Waals surface area contributed by atoms with E-state index in [2.05, 4.69) is 33.2 Å². The van der Waals surface area contributed by atoms with Crippen LogP contribution in [0.3, 0.4) is 0 Å². The number of nitriles is 1. The third-order valence-corrected chi connectivity index (χ3v) is 4.24. The topological polar surface area (TPSA) is 64.8 Å². The minimum atomic E-state index is 0.445. The van der Waals surface area contributed by atoms with E-state index in [-0.39, 0.29) is 0 Å². The Balaban J connectivity index is 1.82. The van der Waals surface area contributed by atoms with Crippen LogP contribution in [-0.2, 0) is 0 Å². The van der Waals surface area contributed by atoms with Crippen LogP contribution in [0.4, 0.5) is 5.95 Å². The maximum absolute atomic E-state index is 8.95. The minimum Gasteiger partial charge on any atom is -0.338 e. The van der Waals surface area contributed by atoms with Crippen LogP contribution in [0.2, 0.25) is 0 Å². The van der Waals surface area contributed by atoms with E-state index in [0.29, 0.717) is 29.8 Å². The highest BCUT2D eigenvalue weighted by Gasteiger charge is 2.36. The molecule has 2 aliphatic heterocycles. The van der Waals surface area contributed by atoms with Gasteiger partial charge < -0.3 is 10.2 Å². The predicted molar refractivity (Wildman–Crippen MR) is 72.7 cm³/mol. The van der Waals surface area contributed by atoms with Gasteiger partial charge in [0, 0.05) is 30.9 Å². The summed E-state index contributed by atoms with van der Waals surface area (Å²) in [7, 11) is 0. The SMILES string of the molecule is CCN(c1nccc(C#N)n1)C1CC2CCC(C1)N2. The summed E-state index contributed by atoms with van der Waals surface area (Å²) in [6.07, 6.45) is 6.57. The van der Waals surface area contributed by atoms with E-state index in [4.69, 9.17) is 5.26 Å². The fourth-order valence-electron chi connectivity index (χ4n) is 3.39. The van der Waals surface area contributed by atoms with E-state index in [1.165, 1.54) is 12.8 Å². The van der Waals surface area contributed by atoms with Crippen LogP contribution in [0.15, 0.2) is 12.3 Å². The van der Waals surface area contributed by atoms with Gasteiger partial charge in [0.1, 0.15) is 11.8 Å². The van der Waals surface area contributed by atoms with Gasteiger partial charge in [0.05, 0.1) is 0 Å². The second-order valence-electron chi connectivity index (χ2n) is 5.40. The maximum atomic E-state index is 8.95. The first-order chi connectivity index (χ1) is 9.30. The summed E-state index contributed by atoms with van der Waals surface area (Å²) in [5.74, 6) is 0.702. The number of anilines is 1. The van der Waals surface area contributed by atoms with Gasteiger partial charge in [0.25, 0.3) is 0 Å². The lowest BCUT2D eigenvalue weighted by Crippen LogP contribution is -2.48. The Labute approximate surface area is 113 Å². The summed E-state index contributed by atoms with van der Waals surface area (Å²) >= 11 is 0. The first kappa shape index (κ1) is 12.4. The van der Waals surface area contributed by atoms with Crippen LogP contribution < -0.4 is 10.2 Å². The number of rotatable bonds is 3. The van der Waals surface area contributed by atoms with Gasteiger partial charge in [0.15, 0.2) is 0 Å².